The maximum absolute atomic E-state index is 12.7. The molecule has 5 aromatic rings. The fourth-order valence-corrected chi connectivity index (χ4v) is 5.26. The Bertz CT molecular complexity index is 1420. The van der Waals surface area contributed by atoms with Crippen LogP contribution < -0.4 is 5.43 Å². The van der Waals surface area contributed by atoms with Gasteiger partial charge in [-0.15, -0.1) is 11.3 Å². The van der Waals surface area contributed by atoms with E-state index >= 15 is 0 Å². The number of hydrazone groups is 1. The lowest BCUT2D eigenvalue weighted by molar-refractivity contribution is 0.0959. The van der Waals surface area contributed by atoms with Gasteiger partial charge in [0.15, 0.2) is 0 Å². The van der Waals surface area contributed by atoms with Crippen LogP contribution in [0.3, 0.4) is 0 Å². The van der Waals surface area contributed by atoms with Crippen LogP contribution in [0.5, 0.6) is 0 Å². The van der Waals surface area contributed by atoms with Crippen LogP contribution in [0.2, 0.25) is 10.0 Å². The molecule has 30 heavy (non-hydrogen) atoms. The zero-order chi connectivity index (χ0) is 20.7. The van der Waals surface area contributed by atoms with Gasteiger partial charge in [0.25, 0.3) is 5.91 Å². The molecule has 1 N–H and O–H groups in total. The molecule has 6 heteroatoms. The highest BCUT2D eigenvalue weighted by atomic mass is 35.5. The molecule has 1 heterocycles. The van der Waals surface area contributed by atoms with E-state index in [0.29, 0.717) is 14.9 Å². The van der Waals surface area contributed by atoms with Gasteiger partial charge >= 0.3 is 0 Å². The van der Waals surface area contributed by atoms with Crippen molar-refractivity contribution in [2.24, 2.45) is 5.10 Å². The van der Waals surface area contributed by atoms with E-state index in [2.05, 4.69) is 40.9 Å². The van der Waals surface area contributed by atoms with Gasteiger partial charge in [-0.3, -0.25) is 4.79 Å². The van der Waals surface area contributed by atoms with Crippen molar-refractivity contribution in [3.05, 3.63) is 93.3 Å². The topological polar surface area (TPSA) is 41.5 Å². The number of carbonyl (C=O) groups excluding carboxylic acids is 1. The number of thiophene rings is 1. The molecule has 0 unspecified atom stereocenters. The summed E-state index contributed by atoms with van der Waals surface area (Å²) in [5, 5.41) is 10.5. The van der Waals surface area contributed by atoms with Gasteiger partial charge in [-0.1, -0.05) is 77.8 Å². The van der Waals surface area contributed by atoms with Crippen LogP contribution in [0, 0.1) is 0 Å². The summed E-state index contributed by atoms with van der Waals surface area (Å²) in [6.45, 7) is 0. The minimum Gasteiger partial charge on any atom is -0.266 e. The summed E-state index contributed by atoms with van der Waals surface area (Å²) >= 11 is 13.8. The fraction of sp³-hybridized carbons (Fsp3) is 0. The van der Waals surface area contributed by atoms with Crippen molar-refractivity contribution in [2.45, 2.75) is 0 Å². The first-order valence-corrected chi connectivity index (χ1v) is 10.8. The number of hydrogen-bond acceptors (Lipinski definition) is 3. The maximum atomic E-state index is 12.7. The highest BCUT2D eigenvalue weighted by Crippen LogP contribution is 2.36. The van der Waals surface area contributed by atoms with E-state index in [0.717, 1.165) is 37.2 Å². The van der Waals surface area contributed by atoms with Crippen LogP contribution in [0.25, 0.3) is 31.6 Å². The molecular weight excluding hydrogens is 435 g/mol. The second-order valence-corrected chi connectivity index (χ2v) is 8.68. The Hall–Kier alpha value is -2.92. The number of carbonyl (C=O) groups is 1. The fourth-order valence-electron chi connectivity index (χ4n) is 3.58. The Morgan fingerprint density at radius 1 is 0.867 bits per heavy atom. The summed E-state index contributed by atoms with van der Waals surface area (Å²) in [5.74, 6) is -0.349. The van der Waals surface area contributed by atoms with Gasteiger partial charge in [-0.2, -0.15) is 5.10 Å². The second kappa shape index (κ2) is 7.73. The van der Waals surface area contributed by atoms with Gasteiger partial charge in [0.1, 0.15) is 4.88 Å². The Morgan fingerprint density at radius 3 is 2.23 bits per heavy atom. The Balaban J connectivity index is 1.51. The Morgan fingerprint density at radius 2 is 1.53 bits per heavy atom. The molecule has 0 aliphatic carbocycles. The van der Waals surface area contributed by atoms with E-state index < -0.39 is 0 Å². The van der Waals surface area contributed by atoms with Gasteiger partial charge in [-0.25, -0.2) is 5.43 Å². The van der Waals surface area contributed by atoms with Crippen molar-refractivity contribution >= 4 is 78.3 Å². The summed E-state index contributed by atoms with van der Waals surface area (Å²) in [5.41, 5.74) is 3.57. The normalized spacial score (nSPS) is 11.7. The summed E-state index contributed by atoms with van der Waals surface area (Å²) in [6, 6.07) is 23.8. The molecule has 0 aliphatic rings. The zero-order valence-corrected chi connectivity index (χ0v) is 17.9. The quantitative estimate of drug-likeness (QED) is 0.176. The third kappa shape index (κ3) is 3.33. The summed E-state index contributed by atoms with van der Waals surface area (Å²) in [4.78, 5) is 13.1. The molecule has 0 saturated carbocycles. The molecular formula is C24H14Cl2N2OS. The molecule has 0 atom stereocenters. The smallest absolute Gasteiger partial charge is 0.266 e. The first kappa shape index (κ1) is 19.1. The van der Waals surface area contributed by atoms with E-state index in [1.165, 1.54) is 11.3 Å². The molecule has 0 fully saturated rings. The average molecular weight is 449 g/mol. The minimum atomic E-state index is -0.349. The SMILES string of the molecule is O=C(N/N=C/c1c2ccccc2cc2ccccc12)c1sc2cc(Cl)ccc2c1Cl. The number of amides is 1. The van der Waals surface area contributed by atoms with Crippen molar-refractivity contribution in [2.75, 3.05) is 0 Å². The highest BCUT2D eigenvalue weighted by Gasteiger charge is 2.17. The van der Waals surface area contributed by atoms with Crippen molar-refractivity contribution in [1.82, 2.24) is 5.43 Å². The van der Waals surface area contributed by atoms with E-state index in [9.17, 15) is 4.79 Å². The monoisotopic (exact) mass is 448 g/mol. The van der Waals surface area contributed by atoms with Crippen LogP contribution in [-0.4, -0.2) is 12.1 Å². The van der Waals surface area contributed by atoms with E-state index in [-0.39, 0.29) is 5.91 Å². The number of benzene rings is 4. The molecule has 3 nitrogen and oxygen atoms in total. The van der Waals surface area contributed by atoms with Gasteiger partial charge in [0.05, 0.1) is 11.2 Å². The molecule has 1 aromatic heterocycles. The molecule has 5 rings (SSSR count). The third-order valence-corrected chi connectivity index (χ3v) is 6.86. The largest absolute Gasteiger partial charge is 0.283 e. The molecule has 0 saturated heterocycles. The van der Waals surface area contributed by atoms with Crippen molar-refractivity contribution in [1.29, 1.82) is 0 Å². The summed E-state index contributed by atoms with van der Waals surface area (Å²) in [7, 11) is 0. The lowest BCUT2D eigenvalue weighted by atomic mass is 9.97. The van der Waals surface area contributed by atoms with Crippen LogP contribution >= 0.6 is 34.5 Å². The number of hydrogen-bond donors (Lipinski definition) is 1. The zero-order valence-electron chi connectivity index (χ0n) is 15.5. The van der Waals surface area contributed by atoms with Gasteiger partial charge in [0, 0.05) is 20.7 Å². The van der Waals surface area contributed by atoms with E-state index in [4.69, 9.17) is 23.2 Å². The predicted octanol–water partition coefficient (Wildman–Crippen LogP) is 7.28. The average Bonchev–Trinajstić information content (AvgIpc) is 3.08. The van der Waals surface area contributed by atoms with Crippen LogP contribution in [0.1, 0.15) is 15.2 Å². The Kier molecular flexibility index (Phi) is 4.91. The lowest BCUT2D eigenvalue weighted by Gasteiger charge is -2.07. The molecule has 0 aliphatic heterocycles. The molecule has 4 aromatic carbocycles. The molecule has 146 valence electrons. The maximum Gasteiger partial charge on any atom is 0.283 e. The molecule has 1 amide bonds. The summed E-state index contributed by atoms with van der Waals surface area (Å²) in [6.07, 6.45) is 1.70. The first-order valence-electron chi connectivity index (χ1n) is 9.23. The number of rotatable bonds is 3. The number of fused-ring (bicyclic) bond motifs is 3. The van der Waals surface area contributed by atoms with Gasteiger partial charge in [0.2, 0.25) is 0 Å². The van der Waals surface area contributed by atoms with Gasteiger partial charge in [-0.05, 0) is 39.7 Å². The van der Waals surface area contributed by atoms with Crippen molar-refractivity contribution < 1.29 is 4.79 Å². The van der Waals surface area contributed by atoms with E-state index in [1.54, 1.807) is 18.3 Å². The lowest BCUT2D eigenvalue weighted by Crippen LogP contribution is -2.16. The first-order chi connectivity index (χ1) is 14.6. The minimum absolute atomic E-state index is 0.349. The second-order valence-electron chi connectivity index (χ2n) is 6.82. The van der Waals surface area contributed by atoms with Crippen LogP contribution in [-0.2, 0) is 0 Å². The standard InChI is InChI=1S/C24H14Cl2N2OS/c25-16-9-10-19-21(12-16)30-23(22(19)26)24(29)28-27-13-20-17-7-3-1-5-14(17)11-15-6-2-4-8-18(15)20/h1-13H,(H,28,29)/b27-13+. The number of nitrogens with zero attached hydrogens (tertiary/aromatic N) is 1. The van der Waals surface area contributed by atoms with Crippen LogP contribution in [0.4, 0.5) is 0 Å². The van der Waals surface area contributed by atoms with Gasteiger partial charge < -0.3 is 0 Å². The third-order valence-electron chi connectivity index (χ3n) is 4.97. The van der Waals surface area contributed by atoms with Crippen LogP contribution in [0.15, 0.2) is 77.9 Å². The molecule has 0 radical (unpaired) electrons. The van der Waals surface area contributed by atoms with Crippen molar-refractivity contribution in [3.8, 4) is 0 Å². The molecule has 0 spiro atoms. The van der Waals surface area contributed by atoms with E-state index in [1.807, 2.05) is 30.3 Å². The number of nitrogens with one attached hydrogen (secondary N) is 1. The molecule has 0 bridgehead atoms. The van der Waals surface area contributed by atoms with Crippen molar-refractivity contribution in [3.63, 3.8) is 0 Å². The Labute approximate surface area is 186 Å². The number of halogens is 2. The predicted molar refractivity (Wildman–Crippen MR) is 128 cm³/mol. The summed E-state index contributed by atoms with van der Waals surface area (Å²) < 4.78 is 0.863. The highest BCUT2D eigenvalue weighted by molar-refractivity contribution is 7.21.